The molecule has 1 saturated carbocycles. The first-order valence-corrected chi connectivity index (χ1v) is 4.26. The van der Waals surface area contributed by atoms with Gasteiger partial charge in [-0.2, -0.15) is 0 Å². The van der Waals surface area contributed by atoms with E-state index >= 15 is 0 Å². The fraction of sp³-hybridized carbons (Fsp3) is 1.00. The van der Waals surface area contributed by atoms with Gasteiger partial charge in [0.1, 0.15) is 5.41 Å². The highest BCUT2D eigenvalue weighted by molar-refractivity contribution is 7.19. The van der Waals surface area contributed by atoms with Crippen molar-refractivity contribution in [1.82, 2.24) is 0 Å². The monoisotopic (exact) mass is 162 g/mol. The van der Waals surface area contributed by atoms with E-state index in [1.165, 1.54) is 0 Å². The number of hydrogen-bond donors (Lipinski definition) is 0. The van der Waals surface area contributed by atoms with E-state index in [2.05, 4.69) is 30.0 Å². The van der Waals surface area contributed by atoms with Crippen LogP contribution in [-0.2, 0) is 0 Å². The van der Waals surface area contributed by atoms with Crippen molar-refractivity contribution in [2.75, 3.05) is 0 Å². The van der Waals surface area contributed by atoms with Crippen LogP contribution in [0.3, 0.4) is 0 Å². The molecule has 0 aromatic rings. The summed E-state index contributed by atoms with van der Waals surface area (Å²) in [6.07, 6.45) is 0.689. The number of halogens is 1. The van der Waals surface area contributed by atoms with Crippen LogP contribution in [0.4, 0.5) is 4.39 Å². The summed E-state index contributed by atoms with van der Waals surface area (Å²) in [5.74, 6) is 0. The molecule has 0 saturated heterocycles. The van der Waals surface area contributed by atoms with Gasteiger partial charge in [0.15, 0.2) is 0 Å². The van der Waals surface area contributed by atoms with Gasteiger partial charge in [-0.25, -0.2) is 4.39 Å². The molecule has 0 amide bonds. The molecule has 1 aliphatic carbocycles. The fourth-order valence-electron chi connectivity index (χ4n) is 1.36. The van der Waals surface area contributed by atoms with E-state index in [0.29, 0.717) is 6.42 Å². The molecule has 0 radical (unpaired) electrons. The Balaban J connectivity index is 2.78. The van der Waals surface area contributed by atoms with E-state index in [9.17, 15) is 4.39 Å². The Labute approximate surface area is 64.8 Å². The first-order valence-electron chi connectivity index (χ1n) is 3.68. The first-order chi connectivity index (χ1) is 4.21. The van der Waals surface area contributed by atoms with Gasteiger partial charge in [0, 0.05) is 5.41 Å². The molecule has 10 heavy (non-hydrogen) atoms. The summed E-state index contributed by atoms with van der Waals surface area (Å²) < 4.78 is 13.3. The molecule has 0 N–H and O–H groups in total. The molecule has 3 atom stereocenters. The second kappa shape index (κ2) is 1.75. The smallest absolute Gasteiger partial charge is 0.130 e. The molecular weight excluding hydrogens is 146 g/mol. The van der Waals surface area contributed by atoms with Crippen LogP contribution in [0.2, 0.25) is 0 Å². The normalized spacial score (nSPS) is 47.4. The zero-order valence-electron chi connectivity index (χ0n) is 7.16. The van der Waals surface area contributed by atoms with Gasteiger partial charge in [-0.15, -0.1) is 0 Å². The minimum Gasteiger partial charge on any atom is -0.239 e. The number of hydrogen-bond acceptors (Lipinski definition) is 0. The second-order valence-corrected chi connectivity index (χ2v) is 5.54. The van der Waals surface area contributed by atoms with Crippen LogP contribution < -0.4 is 0 Å². The zero-order valence-corrected chi connectivity index (χ0v) is 8.32. The molecule has 0 heterocycles. The first kappa shape index (κ1) is 8.46. The van der Waals surface area contributed by atoms with Crippen molar-refractivity contribution in [3.05, 3.63) is 0 Å². The summed E-state index contributed by atoms with van der Waals surface area (Å²) in [4.78, 5) is 0. The van der Waals surface area contributed by atoms with E-state index < -0.39 is 5.41 Å². The summed E-state index contributed by atoms with van der Waals surface area (Å²) in [5, 5.41) is -0.995. The summed E-state index contributed by atoms with van der Waals surface area (Å²) >= 11 is 0. The Morgan fingerprint density at radius 2 is 1.70 bits per heavy atom. The van der Waals surface area contributed by atoms with Gasteiger partial charge >= 0.3 is 0 Å². The van der Waals surface area contributed by atoms with E-state index in [4.69, 9.17) is 0 Å². The van der Waals surface area contributed by atoms with Crippen molar-refractivity contribution < 1.29 is 4.39 Å². The quantitative estimate of drug-likeness (QED) is 0.480. The average Bonchev–Trinajstić information content (AvgIpc) is 2.05. The summed E-state index contributed by atoms with van der Waals surface area (Å²) in [6, 6.07) is 0. The minimum absolute atomic E-state index is 0.0868. The van der Waals surface area contributed by atoms with E-state index in [1.807, 2.05) is 6.92 Å². The third-order valence-electron chi connectivity index (χ3n) is 3.06. The fourth-order valence-corrected chi connectivity index (χ4v) is 2.20. The topological polar surface area (TPSA) is 0 Å². The van der Waals surface area contributed by atoms with E-state index in [-0.39, 0.29) is 10.8 Å². The molecule has 0 aliphatic heterocycles. The summed E-state index contributed by atoms with van der Waals surface area (Å²) in [6.45, 7) is 8.30. The molecule has 3 unspecified atom stereocenters. The molecule has 1 fully saturated rings. The third-order valence-corrected chi connectivity index (χ3v) is 3.90. The Hall–Kier alpha value is 0.360. The standard InChI is InChI=1S/C8H16FP/c1-6(2,3)7(4)5-8(7,9)10/h5,10H2,1-4H3. The lowest BCUT2D eigenvalue weighted by Gasteiger charge is -2.28. The average molecular weight is 162 g/mol. The molecule has 0 spiro atoms. The number of rotatable bonds is 0. The summed E-state index contributed by atoms with van der Waals surface area (Å²) in [5.41, 5.74) is -0.0336. The Bertz CT molecular complexity index is 157. The van der Waals surface area contributed by atoms with Crippen LogP contribution in [0, 0.1) is 10.8 Å². The van der Waals surface area contributed by atoms with Crippen LogP contribution in [0.1, 0.15) is 34.1 Å². The van der Waals surface area contributed by atoms with Crippen molar-refractivity contribution in [2.45, 2.75) is 39.5 Å². The lowest BCUT2D eigenvalue weighted by atomic mass is 9.79. The van der Waals surface area contributed by atoms with Crippen molar-refractivity contribution in [3.63, 3.8) is 0 Å². The highest BCUT2D eigenvalue weighted by Gasteiger charge is 2.67. The summed E-state index contributed by atoms with van der Waals surface area (Å²) in [7, 11) is 2.32. The third kappa shape index (κ3) is 0.906. The maximum atomic E-state index is 13.3. The molecule has 0 nitrogen and oxygen atoms in total. The van der Waals surface area contributed by atoms with Crippen LogP contribution in [0.5, 0.6) is 0 Å². The van der Waals surface area contributed by atoms with Gasteiger partial charge < -0.3 is 0 Å². The highest BCUT2D eigenvalue weighted by Crippen LogP contribution is 2.70. The largest absolute Gasteiger partial charge is 0.239 e. The zero-order chi connectivity index (χ0) is 8.21. The Kier molecular flexibility index (Phi) is 1.48. The predicted octanol–water partition coefficient (Wildman–Crippen LogP) is 2.98. The molecule has 1 aliphatic rings. The van der Waals surface area contributed by atoms with Gasteiger partial charge in [-0.3, -0.25) is 0 Å². The Morgan fingerprint density at radius 3 is 1.70 bits per heavy atom. The SMILES string of the molecule is CC(C)(C)C1(C)CC1(F)P. The molecule has 0 bridgehead atoms. The molecule has 60 valence electrons. The van der Waals surface area contributed by atoms with Crippen LogP contribution >= 0.6 is 9.24 Å². The van der Waals surface area contributed by atoms with Gasteiger partial charge in [0.05, 0.1) is 0 Å². The van der Waals surface area contributed by atoms with Crippen molar-refractivity contribution in [1.29, 1.82) is 0 Å². The van der Waals surface area contributed by atoms with Crippen molar-refractivity contribution in [2.24, 2.45) is 10.8 Å². The van der Waals surface area contributed by atoms with Crippen molar-refractivity contribution in [3.8, 4) is 0 Å². The minimum atomic E-state index is -0.995. The van der Waals surface area contributed by atoms with Gasteiger partial charge in [0.25, 0.3) is 0 Å². The molecule has 0 aromatic carbocycles. The van der Waals surface area contributed by atoms with Crippen LogP contribution in [0.25, 0.3) is 0 Å². The van der Waals surface area contributed by atoms with Crippen LogP contribution in [0.15, 0.2) is 0 Å². The van der Waals surface area contributed by atoms with Crippen molar-refractivity contribution >= 4 is 9.24 Å². The lowest BCUT2D eigenvalue weighted by molar-refractivity contribution is 0.179. The van der Waals surface area contributed by atoms with E-state index in [1.54, 1.807) is 0 Å². The van der Waals surface area contributed by atoms with Crippen LogP contribution in [-0.4, -0.2) is 5.41 Å². The maximum absolute atomic E-state index is 13.3. The lowest BCUT2D eigenvalue weighted by Crippen LogP contribution is -2.23. The van der Waals surface area contributed by atoms with E-state index in [0.717, 1.165) is 0 Å². The van der Waals surface area contributed by atoms with Gasteiger partial charge in [-0.1, -0.05) is 36.9 Å². The molecular formula is C8H16FP. The Morgan fingerprint density at radius 1 is 1.40 bits per heavy atom. The highest BCUT2D eigenvalue weighted by atomic mass is 31.0. The second-order valence-electron chi connectivity index (χ2n) is 4.62. The maximum Gasteiger partial charge on any atom is 0.130 e. The van der Waals surface area contributed by atoms with Gasteiger partial charge in [-0.05, 0) is 11.8 Å². The predicted molar refractivity (Wildman–Crippen MR) is 45.7 cm³/mol. The molecule has 2 heteroatoms. The molecule has 1 rings (SSSR count). The van der Waals surface area contributed by atoms with Gasteiger partial charge in [0.2, 0.25) is 0 Å². The molecule has 0 aromatic heterocycles. The number of alkyl halides is 1.